The third-order valence-corrected chi connectivity index (χ3v) is 2.63. The molecular formula is C8H7Cl2N2. The Kier molecular flexibility index (Phi) is 1.97. The summed E-state index contributed by atoms with van der Waals surface area (Å²) in [5.41, 5.74) is 1.98. The van der Waals surface area contributed by atoms with Crippen LogP contribution in [0, 0.1) is 6.20 Å². The SMILES string of the molecule is ClC1(Cl)CCc2[c]ncnc2C1. The molecule has 12 heavy (non-hydrogen) atoms. The minimum atomic E-state index is -0.644. The highest BCUT2D eigenvalue weighted by molar-refractivity contribution is 6.48. The molecule has 1 aromatic rings. The number of alkyl halides is 2. The summed E-state index contributed by atoms with van der Waals surface area (Å²) in [6.07, 6.45) is 6.56. The van der Waals surface area contributed by atoms with Crippen molar-refractivity contribution in [3.05, 3.63) is 23.8 Å². The molecule has 0 unspecified atom stereocenters. The zero-order valence-corrected chi connectivity index (χ0v) is 7.86. The number of rotatable bonds is 0. The first-order chi connectivity index (χ1) is 5.67. The molecule has 1 heterocycles. The van der Waals surface area contributed by atoms with Crippen molar-refractivity contribution in [1.29, 1.82) is 0 Å². The monoisotopic (exact) mass is 201 g/mol. The van der Waals surface area contributed by atoms with Crippen LogP contribution in [-0.4, -0.2) is 14.3 Å². The Balaban J connectivity index is 2.35. The summed E-state index contributed by atoms with van der Waals surface area (Å²) in [6, 6.07) is 0. The molecule has 0 saturated carbocycles. The first kappa shape index (κ1) is 8.27. The van der Waals surface area contributed by atoms with E-state index in [1.54, 1.807) is 0 Å². The summed E-state index contributed by atoms with van der Waals surface area (Å²) in [5.74, 6) is 0. The van der Waals surface area contributed by atoms with Crippen molar-refractivity contribution in [3.8, 4) is 0 Å². The summed E-state index contributed by atoms with van der Waals surface area (Å²) in [6.45, 7) is 0. The second kappa shape index (κ2) is 2.86. The van der Waals surface area contributed by atoms with Crippen LogP contribution in [0.15, 0.2) is 6.33 Å². The fourth-order valence-electron chi connectivity index (χ4n) is 1.34. The number of hydrogen-bond donors (Lipinski definition) is 0. The van der Waals surface area contributed by atoms with E-state index in [1.165, 1.54) is 6.33 Å². The lowest BCUT2D eigenvalue weighted by Gasteiger charge is -2.24. The summed E-state index contributed by atoms with van der Waals surface area (Å²) in [7, 11) is 0. The van der Waals surface area contributed by atoms with Gasteiger partial charge >= 0.3 is 0 Å². The number of fused-ring (bicyclic) bond motifs is 1. The first-order valence-electron chi connectivity index (χ1n) is 3.76. The van der Waals surface area contributed by atoms with Crippen molar-refractivity contribution in [1.82, 2.24) is 9.97 Å². The normalized spacial score (nSPS) is 20.2. The summed E-state index contributed by atoms with van der Waals surface area (Å²) in [4.78, 5) is 7.93. The maximum absolute atomic E-state index is 5.99. The Morgan fingerprint density at radius 2 is 2.33 bits per heavy atom. The van der Waals surface area contributed by atoms with E-state index in [0.717, 1.165) is 24.1 Å². The molecule has 0 atom stereocenters. The molecule has 1 aliphatic carbocycles. The van der Waals surface area contributed by atoms with Crippen LogP contribution in [0.5, 0.6) is 0 Å². The topological polar surface area (TPSA) is 25.8 Å². The van der Waals surface area contributed by atoms with E-state index in [4.69, 9.17) is 23.2 Å². The van der Waals surface area contributed by atoms with Gasteiger partial charge in [-0.15, -0.1) is 23.2 Å². The molecule has 2 nitrogen and oxygen atoms in total. The van der Waals surface area contributed by atoms with Crippen LogP contribution in [0.4, 0.5) is 0 Å². The Bertz CT molecular complexity index is 299. The van der Waals surface area contributed by atoms with Gasteiger partial charge in [0.25, 0.3) is 0 Å². The largest absolute Gasteiger partial charge is 0.241 e. The van der Waals surface area contributed by atoms with Crippen molar-refractivity contribution >= 4 is 23.2 Å². The number of aromatic nitrogens is 2. The minimum Gasteiger partial charge on any atom is -0.241 e. The molecule has 1 radical (unpaired) electrons. The zero-order valence-electron chi connectivity index (χ0n) is 6.35. The third kappa shape index (κ3) is 1.54. The minimum absolute atomic E-state index is 0.602. The molecular weight excluding hydrogens is 195 g/mol. The molecule has 4 heteroatoms. The summed E-state index contributed by atoms with van der Waals surface area (Å²) in [5, 5.41) is 0. The molecule has 0 N–H and O–H groups in total. The molecule has 0 fully saturated rings. The van der Waals surface area contributed by atoms with E-state index in [1.807, 2.05) is 0 Å². The van der Waals surface area contributed by atoms with Gasteiger partial charge < -0.3 is 0 Å². The molecule has 0 aromatic carbocycles. The van der Waals surface area contributed by atoms with Crippen LogP contribution in [0.25, 0.3) is 0 Å². The Labute approximate surface area is 80.9 Å². The number of nitrogens with zero attached hydrogens (tertiary/aromatic N) is 2. The van der Waals surface area contributed by atoms with Crippen molar-refractivity contribution in [2.24, 2.45) is 0 Å². The van der Waals surface area contributed by atoms with E-state index in [2.05, 4.69) is 16.2 Å². The molecule has 0 bridgehead atoms. The van der Waals surface area contributed by atoms with Crippen LogP contribution >= 0.6 is 23.2 Å². The van der Waals surface area contributed by atoms with E-state index in [-0.39, 0.29) is 0 Å². The second-order valence-electron chi connectivity index (χ2n) is 2.94. The van der Waals surface area contributed by atoms with Crippen LogP contribution in [0.1, 0.15) is 17.7 Å². The highest BCUT2D eigenvalue weighted by Gasteiger charge is 2.30. The van der Waals surface area contributed by atoms with Gasteiger partial charge in [-0.25, -0.2) is 9.97 Å². The predicted molar refractivity (Wildman–Crippen MR) is 47.3 cm³/mol. The lowest BCUT2D eigenvalue weighted by atomic mass is 9.97. The van der Waals surface area contributed by atoms with Crippen LogP contribution < -0.4 is 0 Å². The van der Waals surface area contributed by atoms with Gasteiger partial charge in [-0.05, 0) is 12.8 Å². The van der Waals surface area contributed by atoms with Crippen molar-refractivity contribution in [2.75, 3.05) is 0 Å². The molecule has 2 rings (SSSR count). The smallest absolute Gasteiger partial charge is 0.124 e. The zero-order chi connectivity index (χ0) is 8.60. The van der Waals surface area contributed by atoms with Gasteiger partial charge in [0.1, 0.15) is 10.7 Å². The van der Waals surface area contributed by atoms with Crippen LogP contribution in [0.3, 0.4) is 0 Å². The molecule has 0 amide bonds. The molecule has 1 aliphatic rings. The maximum atomic E-state index is 5.99. The summed E-state index contributed by atoms with van der Waals surface area (Å²) >= 11 is 12.0. The average molecular weight is 202 g/mol. The lowest BCUT2D eigenvalue weighted by molar-refractivity contribution is 0.622. The van der Waals surface area contributed by atoms with E-state index < -0.39 is 4.33 Å². The highest BCUT2D eigenvalue weighted by Crippen LogP contribution is 2.35. The third-order valence-electron chi connectivity index (χ3n) is 1.99. The van der Waals surface area contributed by atoms with Gasteiger partial charge in [0.15, 0.2) is 0 Å². The maximum Gasteiger partial charge on any atom is 0.124 e. The van der Waals surface area contributed by atoms with Gasteiger partial charge in [0.2, 0.25) is 0 Å². The predicted octanol–water partition coefficient (Wildman–Crippen LogP) is 1.94. The average Bonchev–Trinajstić information content (AvgIpc) is 2.02. The number of halogens is 2. The molecule has 63 valence electrons. The first-order valence-corrected chi connectivity index (χ1v) is 4.51. The van der Waals surface area contributed by atoms with Gasteiger partial charge in [0, 0.05) is 12.0 Å². The summed E-state index contributed by atoms with van der Waals surface area (Å²) < 4.78 is -0.644. The van der Waals surface area contributed by atoms with E-state index in [9.17, 15) is 0 Å². The van der Waals surface area contributed by atoms with Gasteiger partial charge in [-0.3, -0.25) is 0 Å². The number of aryl methyl sites for hydroxylation is 1. The quantitative estimate of drug-likeness (QED) is 0.600. The fraction of sp³-hybridized carbons (Fsp3) is 0.500. The van der Waals surface area contributed by atoms with Gasteiger partial charge in [-0.2, -0.15) is 0 Å². The molecule has 1 aromatic heterocycles. The Hall–Kier alpha value is -0.340. The number of hydrogen-bond acceptors (Lipinski definition) is 2. The van der Waals surface area contributed by atoms with E-state index in [0.29, 0.717) is 6.42 Å². The van der Waals surface area contributed by atoms with Crippen molar-refractivity contribution < 1.29 is 0 Å². The molecule has 0 saturated heterocycles. The van der Waals surface area contributed by atoms with Gasteiger partial charge in [-0.1, -0.05) is 0 Å². The van der Waals surface area contributed by atoms with Crippen LogP contribution in [0.2, 0.25) is 0 Å². The van der Waals surface area contributed by atoms with Crippen LogP contribution in [-0.2, 0) is 12.8 Å². The highest BCUT2D eigenvalue weighted by atomic mass is 35.5. The Morgan fingerprint density at radius 3 is 3.17 bits per heavy atom. The Morgan fingerprint density at radius 1 is 1.50 bits per heavy atom. The fourth-order valence-corrected chi connectivity index (χ4v) is 1.78. The van der Waals surface area contributed by atoms with Crippen molar-refractivity contribution in [2.45, 2.75) is 23.6 Å². The van der Waals surface area contributed by atoms with E-state index >= 15 is 0 Å². The molecule has 0 spiro atoms. The lowest BCUT2D eigenvalue weighted by Crippen LogP contribution is -2.24. The second-order valence-corrected chi connectivity index (χ2v) is 4.58. The standard InChI is InChI=1S/C8H7Cl2N2/c9-8(10)2-1-6-4-11-5-12-7(6)3-8/h5H,1-3H2. The van der Waals surface area contributed by atoms with Gasteiger partial charge in [0.05, 0.1) is 11.9 Å². The molecule has 0 aliphatic heterocycles. The van der Waals surface area contributed by atoms with Crippen molar-refractivity contribution in [3.63, 3.8) is 0 Å².